The highest BCUT2D eigenvalue weighted by molar-refractivity contribution is 7.09. The number of fused-ring (bicyclic) bond motifs is 1. The van der Waals surface area contributed by atoms with Gasteiger partial charge in [-0.05, 0) is 32.9 Å². The largest absolute Gasteiger partial charge is 0.485 e. The first-order valence-corrected chi connectivity index (χ1v) is 7.97. The van der Waals surface area contributed by atoms with Crippen LogP contribution in [0.5, 0.6) is 11.5 Å². The maximum absolute atomic E-state index is 12.5. The molecule has 1 N–H and O–H groups in total. The average molecular weight is 318 g/mol. The molecular weight excluding hydrogens is 300 g/mol. The molecular formula is C16H18N2O3S. The van der Waals surface area contributed by atoms with E-state index in [-0.39, 0.29) is 12.5 Å². The first-order valence-electron chi connectivity index (χ1n) is 7.09. The van der Waals surface area contributed by atoms with Gasteiger partial charge in [0.2, 0.25) is 6.10 Å². The first kappa shape index (κ1) is 14.8. The normalized spacial score (nSPS) is 17.1. The van der Waals surface area contributed by atoms with Crippen molar-refractivity contribution in [2.75, 3.05) is 6.61 Å². The summed E-state index contributed by atoms with van der Waals surface area (Å²) in [6, 6.07) is 7.34. The van der Waals surface area contributed by atoms with E-state index in [0.717, 1.165) is 10.7 Å². The van der Waals surface area contributed by atoms with Crippen LogP contribution in [0.15, 0.2) is 29.6 Å². The number of benzene rings is 1. The van der Waals surface area contributed by atoms with Crippen molar-refractivity contribution in [2.24, 2.45) is 0 Å². The summed E-state index contributed by atoms with van der Waals surface area (Å²) >= 11 is 1.54. The molecule has 2 aromatic rings. The Morgan fingerprint density at radius 3 is 2.77 bits per heavy atom. The van der Waals surface area contributed by atoms with E-state index in [9.17, 15) is 4.79 Å². The van der Waals surface area contributed by atoms with E-state index in [4.69, 9.17) is 9.47 Å². The molecule has 0 aliphatic carbocycles. The van der Waals surface area contributed by atoms with Gasteiger partial charge in [-0.1, -0.05) is 12.1 Å². The van der Waals surface area contributed by atoms with Crippen molar-refractivity contribution in [1.82, 2.24) is 10.3 Å². The molecule has 116 valence electrons. The van der Waals surface area contributed by atoms with Gasteiger partial charge in [0.25, 0.3) is 5.91 Å². The molecule has 1 aromatic carbocycles. The zero-order chi connectivity index (χ0) is 15.7. The van der Waals surface area contributed by atoms with Crippen LogP contribution in [0.1, 0.15) is 24.5 Å². The van der Waals surface area contributed by atoms with Crippen LogP contribution in [0.4, 0.5) is 0 Å². The highest BCUT2D eigenvalue weighted by atomic mass is 32.1. The van der Waals surface area contributed by atoms with Crippen LogP contribution in [0.2, 0.25) is 0 Å². The number of nitrogens with one attached hydrogen (secondary N) is 1. The second-order valence-corrected chi connectivity index (χ2v) is 6.63. The molecule has 0 saturated heterocycles. The van der Waals surface area contributed by atoms with Gasteiger partial charge in [-0.3, -0.25) is 4.79 Å². The number of hydrogen-bond acceptors (Lipinski definition) is 5. The van der Waals surface area contributed by atoms with Gasteiger partial charge in [-0.25, -0.2) is 4.98 Å². The van der Waals surface area contributed by atoms with Crippen LogP contribution in [-0.2, 0) is 10.3 Å². The SMILES string of the molecule is Cc1csc(C(C)(C)NC(=O)C2COc3ccccc3O2)n1. The van der Waals surface area contributed by atoms with E-state index >= 15 is 0 Å². The molecule has 1 amide bonds. The van der Waals surface area contributed by atoms with Crippen molar-refractivity contribution in [1.29, 1.82) is 0 Å². The summed E-state index contributed by atoms with van der Waals surface area (Å²) in [4.78, 5) is 16.9. The second-order valence-electron chi connectivity index (χ2n) is 5.77. The number of para-hydroxylation sites is 2. The van der Waals surface area contributed by atoms with Gasteiger partial charge in [0.1, 0.15) is 11.6 Å². The smallest absolute Gasteiger partial charge is 0.265 e. The summed E-state index contributed by atoms with van der Waals surface area (Å²) < 4.78 is 11.3. The van der Waals surface area contributed by atoms with Gasteiger partial charge in [-0.2, -0.15) is 0 Å². The number of aryl methyl sites for hydroxylation is 1. The highest BCUT2D eigenvalue weighted by Gasteiger charge is 2.33. The Bertz CT molecular complexity index is 696. The van der Waals surface area contributed by atoms with Crippen LogP contribution in [0.25, 0.3) is 0 Å². The van der Waals surface area contributed by atoms with Gasteiger partial charge in [0, 0.05) is 11.1 Å². The predicted molar refractivity (Wildman–Crippen MR) is 84.4 cm³/mol. The molecule has 6 heteroatoms. The molecule has 2 heterocycles. The second kappa shape index (κ2) is 5.61. The van der Waals surface area contributed by atoms with Crippen molar-refractivity contribution >= 4 is 17.2 Å². The maximum atomic E-state index is 12.5. The lowest BCUT2D eigenvalue weighted by molar-refractivity contribution is -0.132. The number of amides is 1. The summed E-state index contributed by atoms with van der Waals surface area (Å²) in [6.07, 6.45) is -0.657. The lowest BCUT2D eigenvalue weighted by atomic mass is 10.1. The summed E-state index contributed by atoms with van der Waals surface area (Å²) in [5.41, 5.74) is 0.407. The van der Waals surface area contributed by atoms with E-state index < -0.39 is 11.6 Å². The predicted octanol–water partition coefficient (Wildman–Crippen LogP) is 2.64. The van der Waals surface area contributed by atoms with Crippen LogP contribution in [0.3, 0.4) is 0 Å². The van der Waals surface area contributed by atoms with Gasteiger partial charge in [0.05, 0.1) is 5.54 Å². The Balaban J connectivity index is 1.70. The summed E-state index contributed by atoms with van der Waals surface area (Å²) in [5, 5.41) is 5.83. The molecule has 0 bridgehead atoms. The number of hydrogen-bond donors (Lipinski definition) is 1. The molecule has 1 atom stereocenters. The summed E-state index contributed by atoms with van der Waals surface area (Å²) in [5.74, 6) is 1.06. The molecule has 1 aromatic heterocycles. The standard InChI is InChI=1S/C16H18N2O3S/c1-10-9-22-15(17-10)16(2,3)18-14(19)13-8-20-11-6-4-5-7-12(11)21-13/h4-7,9,13H,8H2,1-3H3,(H,18,19). The van der Waals surface area contributed by atoms with Crippen LogP contribution in [0, 0.1) is 6.92 Å². The molecule has 1 unspecified atom stereocenters. The van der Waals surface area contributed by atoms with E-state index in [1.807, 2.05) is 44.4 Å². The number of nitrogens with zero attached hydrogens (tertiary/aromatic N) is 1. The molecule has 0 fully saturated rings. The average Bonchev–Trinajstić information content (AvgIpc) is 2.94. The van der Waals surface area contributed by atoms with Gasteiger partial charge >= 0.3 is 0 Å². The summed E-state index contributed by atoms with van der Waals surface area (Å²) in [6.45, 7) is 6.00. The monoisotopic (exact) mass is 318 g/mol. The topological polar surface area (TPSA) is 60.5 Å². The van der Waals surface area contributed by atoms with Gasteiger partial charge < -0.3 is 14.8 Å². The van der Waals surface area contributed by atoms with Crippen LogP contribution in [-0.4, -0.2) is 23.6 Å². The molecule has 1 aliphatic rings. The minimum atomic E-state index is -0.657. The number of thiazole rings is 1. The maximum Gasteiger partial charge on any atom is 0.265 e. The molecule has 0 saturated carbocycles. The lowest BCUT2D eigenvalue weighted by Crippen LogP contribution is -2.50. The van der Waals surface area contributed by atoms with Crippen molar-refractivity contribution in [3.8, 4) is 11.5 Å². The minimum absolute atomic E-state index is 0.202. The fourth-order valence-electron chi connectivity index (χ4n) is 2.23. The van der Waals surface area contributed by atoms with Crippen molar-refractivity contribution < 1.29 is 14.3 Å². The number of rotatable bonds is 3. The number of ether oxygens (including phenoxy) is 2. The molecule has 1 aliphatic heterocycles. The Morgan fingerprint density at radius 2 is 2.09 bits per heavy atom. The number of carbonyl (C=O) groups excluding carboxylic acids is 1. The molecule has 22 heavy (non-hydrogen) atoms. The minimum Gasteiger partial charge on any atom is -0.485 e. The third kappa shape index (κ3) is 2.92. The van der Waals surface area contributed by atoms with Crippen molar-refractivity contribution in [2.45, 2.75) is 32.4 Å². The number of carbonyl (C=O) groups is 1. The van der Waals surface area contributed by atoms with Gasteiger partial charge in [-0.15, -0.1) is 11.3 Å². The summed E-state index contributed by atoms with van der Waals surface area (Å²) in [7, 11) is 0. The lowest BCUT2D eigenvalue weighted by Gasteiger charge is -2.30. The fraction of sp³-hybridized carbons (Fsp3) is 0.375. The third-order valence-electron chi connectivity index (χ3n) is 3.39. The highest BCUT2D eigenvalue weighted by Crippen LogP contribution is 2.31. The Kier molecular flexibility index (Phi) is 3.78. The van der Waals surface area contributed by atoms with Crippen molar-refractivity contribution in [3.05, 3.63) is 40.3 Å². The number of aromatic nitrogens is 1. The van der Waals surface area contributed by atoms with Crippen molar-refractivity contribution in [3.63, 3.8) is 0 Å². The first-order chi connectivity index (χ1) is 10.5. The van der Waals surface area contributed by atoms with E-state index in [1.54, 1.807) is 6.07 Å². The Labute approximate surface area is 133 Å². The third-order valence-corrected chi connectivity index (χ3v) is 4.67. The Hall–Kier alpha value is -2.08. The van der Waals surface area contributed by atoms with Crippen LogP contribution < -0.4 is 14.8 Å². The Morgan fingerprint density at radius 1 is 1.36 bits per heavy atom. The fourth-order valence-corrected chi connectivity index (χ4v) is 3.11. The van der Waals surface area contributed by atoms with Gasteiger partial charge in [0.15, 0.2) is 11.5 Å². The zero-order valence-electron chi connectivity index (χ0n) is 12.8. The van der Waals surface area contributed by atoms with Crippen LogP contribution >= 0.6 is 11.3 Å². The van der Waals surface area contributed by atoms with E-state index in [0.29, 0.717) is 11.5 Å². The zero-order valence-corrected chi connectivity index (χ0v) is 13.6. The van der Waals surface area contributed by atoms with E-state index in [1.165, 1.54) is 11.3 Å². The molecule has 3 rings (SSSR count). The molecule has 0 spiro atoms. The quantitative estimate of drug-likeness (QED) is 0.945. The molecule has 5 nitrogen and oxygen atoms in total. The molecule has 0 radical (unpaired) electrons. The van der Waals surface area contributed by atoms with E-state index in [2.05, 4.69) is 10.3 Å².